The Labute approximate surface area is 105 Å². The third-order valence-electron chi connectivity index (χ3n) is 2.78. The molecule has 0 N–H and O–H groups in total. The van der Waals surface area contributed by atoms with E-state index in [0.717, 1.165) is 0 Å². The van der Waals surface area contributed by atoms with E-state index in [1.807, 2.05) is 0 Å². The average Bonchev–Trinajstić information content (AvgIpc) is 2.78. The number of methoxy groups -OCH3 is 1. The van der Waals surface area contributed by atoms with E-state index in [1.165, 1.54) is 22.6 Å². The second kappa shape index (κ2) is 4.89. The van der Waals surface area contributed by atoms with Crippen molar-refractivity contribution in [1.82, 2.24) is 9.29 Å². The van der Waals surface area contributed by atoms with Crippen molar-refractivity contribution < 1.29 is 13.2 Å². The first-order chi connectivity index (χ1) is 8.04. The number of aromatic nitrogens is 1. The summed E-state index contributed by atoms with van der Waals surface area (Å²) in [5.74, 6) is 0. The topological polar surface area (TPSA) is 59.5 Å². The molecule has 1 unspecified atom stereocenters. The minimum absolute atomic E-state index is 0.0258. The summed E-state index contributed by atoms with van der Waals surface area (Å²) in [5.41, 5.74) is 0. The van der Waals surface area contributed by atoms with E-state index >= 15 is 0 Å². The number of halogens is 1. The number of hydrogen-bond acceptors (Lipinski definition) is 4. The Morgan fingerprint density at radius 3 is 2.94 bits per heavy atom. The molecule has 0 bridgehead atoms. The minimum atomic E-state index is -3.48. The van der Waals surface area contributed by atoms with Gasteiger partial charge in [-0.25, -0.2) is 13.4 Å². The Hall–Kier alpha value is -0.690. The lowest BCUT2D eigenvalue weighted by molar-refractivity contribution is 0.115. The first kappa shape index (κ1) is 12.8. The zero-order valence-electron chi connectivity index (χ0n) is 9.34. The van der Waals surface area contributed by atoms with Gasteiger partial charge < -0.3 is 4.74 Å². The summed E-state index contributed by atoms with van der Waals surface area (Å²) in [6.45, 7) is 0.861. The van der Waals surface area contributed by atoms with Crippen LogP contribution in [0.4, 0.5) is 0 Å². The summed E-state index contributed by atoms with van der Waals surface area (Å²) in [4.78, 5) is 3.94. The average molecular weight is 277 g/mol. The lowest BCUT2D eigenvalue weighted by atomic mass is 10.3. The normalized spacial score (nSPS) is 21.9. The monoisotopic (exact) mass is 276 g/mol. The van der Waals surface area contributed by atoms with Gasteiger partial charge in [-0.15, -0.1) is 0 Å². The van der Waals surface area contributed by atoms with Crippen LogP contribution in [-0.2, 0) is 14.8 Å². The van der Waals surface area contributed by atoms with E-state index in [-0.39, 0.29) is 16.2 Å². The van der Waals surface area contributed by atoms with Gasteiger partial charge in [0.05, 0.1) is 11.0 Å². The van der Waals surface area contributed by atoms with Crippen molar-refractivity contribution in [3.05, 3.63) is 23.5 Å². The van der Waals surface area contributed by atoms with Crippen LogP contribution in [-0.4, -0.2) is 44.0 Å². The van der Waals surface area contributed by atoms with Crippen LogP contribution < -0.4 is 0 Å². The molecular formula is C10H13ClN2O3S. The van der Waals surface area contributed by atoms with E-state index in [1.54, 1.807) is 7.11 Å². The smallest absolute Gasteiger partial charge is 0.243 e. The van der Waals surface area contributed by atoms with Gasteiger partial charge in [-0.3, -0.25) is 0 Å². The number of sulfonamides is 1. The van der Waals surface area contributed by atoms with Crippen molar-refractivity contribution in [3.8, 4) is 0 Å². The number of rotatable bonds is 3. The van der Waals surface area contributed by atoms with Crippen LogP contribution in [0.25, 0.3) is 0 Å². The molecular weight excluding hydrogens is 264 g/mol. The molecule has 7 heteroatoms. The van der Waals surface area contributed by atoms with E-state index in [4.69, 9.17) is 16.3 Å². The van der Waals surface area contributed by atoms with Gasteiger partial charge in [0.1, 0.15) is 5.15 Å². The third kappa shape index (κ3) is 2.60. The lowest BCUT2D eigenvalue weighted by Crippen LogP contribution is -2.30. The maximum atomic E-state index is 12.2. The molecule has 17 heavy (non-hydrogen) atoms. The minimum Gasteiger partial charge on any atom is -0.380 e. The fourth-order valence-electron chi connectivity index (χ4n) is 1.80. The van der Waals surface area contributed by atoms with Crippen LogP contribution >= 0.6 is 11.6 Å². The van der Waals surface area contributed by atoms with E-state index in [0.29, 0.717) is 19.5 Å². The Bertz CT molecular complexity index is 506. The van der Waals surface area contributed by atoms with Gasteiger partial charge in [0.25, 0.3) is 0 Å². The maximum absolute atomic E-state index is 12.2. The van der Waals surface area contributed by atoms with Gasteiger partial charge >= 0.3 is 0 Å². The zero-order chi connectivity index (χ0) is 12.5. The summed E-state index contributed by atoms with van der Waals surface area (Å²) >= 11 is 5.69. The van der Waals surface area contributed by atoms with Crippen molar-refractivity contribution in [3.63, 3.8) is 0 Å². The highest BCUT2D eigenvalue weighted by atomic mass is 35.5. The van der Waals surface area contributed by atoms with Crippen LogP contribution in [0.2, 0.25) is 5.15 Å². The van der Waals surface area contributed by atoms with Crippen LogP contribution in [0.5, 0.6) is 0 Å². The van der Waals surface area contributed by atoms with Gasteiger partial charge in [0.2, 0.25) is 10.0 Å². The van der Waals surface area contributed by atoms with Crippen molar-refractivity contribution in [2.45, 2.75) is 17.4 Å². The van der Waals surface area contributed by atoms with Crippen molar-refractivity contribution >= 4 is 21.6 Å². The van der Waals surface area contributed by atoms with Crippen LogP contribution in [0.15, 0.2) is 23.2 Å². The second-order valence-electron chi connectivity index (χ2n) is 3.82. The van der Waals surface area contributed by atoms with Gasteiger partial charge in [0.15, 0.2) is 0 Å². The van der Waals surface area contributed by atoms with E-state index < -0.39 is 10.0 Å². The number of hydrogen-bond donors (Lipinski definition) is 0. The second-order valence-corrected chi connectivity index (χ2v) is 6.15. The van der Waals surface area contributed by atoms with Crippen molar-refractivity contribution in [1.29, 1.82) is 0 Å². The van der Waals surface area contributed by atoms with E-state index in [2.05, 4.69) is 4.98 Å². The zero-order valence-corrected chi connectivity index (χ0v) is 10.9. The first-order valence-corrected chi connectivity index (χ1v) is 7.00. The first-order valence-electron chi connectivity index (χ1n) is 5.18. The summed E-state index contributed by atoms with van der Waals surface area (Å²) in [7, 11) is -1.89. The fourth-order valence-corrected chi connectivity index (χ4v) is 3.54. The van der Waals surface area contributed by atoms with Crippen LogP contribution in [0.3, 0.4) is 0 Å². The van der Waals surface area contributed by atoms with Crippen LogP contribution in [0, 0.1) is 0 Å². The summed E-state index contributed by atoms with van der Waals surface area (Å²) in [6, 6.07) is 2.80. The third-order valence-corrected chi connectivity index (χ3v) is 4.84. The standard InChI is InChI=1S/C10H13ClN2O3S/c1-16-8-3-5-13(7-8)17(14,15)9-2-4-12-10(11)6-9/h2,4,6,8H,3,5,7H2,1H3. The molecule has 94 valence electrons. The number of ether oxygens (including phenoxy) is 1. The lowest BCUT2D eigenvalue weighted by Gasteiger charge is -2.16. The van der Waals surface area contributed by atoms with Gasteiger partial charge in [0, 0.05) is 26.4 Å². The van der Waals surface area contributed by atoms with Gasteiger partial charge in [-0.1, -0.05) is 11.6 Å². The predicted octanol–water partition coefficient (Wildman–Crippen LogP) is 1.14. The fraction of sp³-hybridized carbons (Fsp3) is 0.500. The van der Waals surface area contributed by atoms with Crippen molar-refractivity contribution in [2.75, 3.05) is 20.2 Å². The summed E-state index contributed by atoms with van der Waals surface area (Å²) in [5, 5.41) is 0.175. The molecule has 0 aromatic carbocycles. The molecule has 2 heterocycles. The quantitative estimate of drug-likeness (QED) is 0.777. The molecule has 0 radical (unpaired) electrons. The highest BCUT2D eigenvalue weighted by Gasteiger charge is 2.32. The Morgan fingerprint density at radius 2 is 2.35 bits per heavy atom. The largest absolute Gasteiger partial charge is 0.380 e. The van der Waals surface area contributed by atoms with Gasteiger partial charge in [-0.2, -0.15) is 4.31 Å². The number of pyridine rings is 1. The van der Waals surface area contributed by atoms with Crippen molar-refractivity contribution in [2.24, 2.45) is 0 Å². The maximum Gasteiger partial charge on any atom is 0.243 e. The van der Waals surface area contributed by atoms with Crippen LogP contribution in [0.1, 0.15) is 6.42 Å². The molecule has 1 aromatic rings. The van der Waals surface area contributed by atoms with Gasteiger partial charge in [-0.05, 0) is 18.6 Å². The molecule has 0 amide bonds. The molecule has 1 aliphatic rings. The Morgan fingerprint density at radius 1 is 1.59 bits per heavy atom. The Kier molecular flexibility index (Phi) is 3.67. The molecule has 5 nitrogen and oxygen atoms in total. The molecule has 2 rings (SSSR count). The molecule has 0 aliphatic carbocycles. The highest BCUT2D eigenvalue weighted by molar-refractivity contribution is 7.89. The molecule has 1 fully saturated rings. The predicted molar refractivity (Wildman–Crippen MR) is 63.4 cm³/mol. The molecule has 1 atom stereocenters. The molecule has 1 aromatic heterocycles. The highest BCUT2D eigenvalue weighted by Crippen LogP contribution is 2.23. The SMILES string of the molecule is COC1CCN(S(=O)(=O)c2ccnc(Cl)c2)C1. The molecule has 0 saturated carbocycles. The number of nitrogens with zero attached hydrogens (tertiary/aromatic N) is 2. The molecule has 1 aliphatic heterocycles. The van der Waals surface area contributed by atoms with E-state index in [9.17, 15) is 8.42 Å². The Balaban J connectivity index is 2.25. The summed E-state index contributed by atoms with van der Waals surface area (Å²) < 4.78 is 31.0. The molecule has 0 spiro atoms. The molecule has 1 saturated heterocycles. The summed E-state index contributed by atoms with van der Waals surface area (Å²) in [6.07, 6.45) is 2.08.